The van der Waals surface area contributed by atoms with Crippen molar-refractivity contribution in [3.63, 3.8) is 0 Å². The van der Waals surface area contributed by atoms with Crippen LogP contribution in [-0.2, 0) is 12.7 Å². The number of nitriles is 1. The third-order valence-corrected chi connectivity index (χ3v) is 3.05. The van der Waals surface area contributed by atoms with Crippen molar-refractivity contribution < 1.29 is 13.2 Å². The van der Waals surface area contributed by atoms with Crippen molar-refractivity contribution in [2.75, 3.05) is 0 Å². The molecule has 0 amide bonds. The van der Waals surface area contributed by atoms with E-state index in [1.807, 2.05) is 30.3 Å². The molecule has 108 valence electrons. The first-order valence-corrected chi connectivity index (χ1v) is 6.35. The van der Waals surface area contributed by atoms with Gasteiger partial charge in [-0.05, 0) is 23.3 Å². The molecule has 0 saturated heterocycles. The summed E-state index contributed by atoms with van der Waals surface area (Å²) in [5, 5.41) is 12.2. The van der Waals surface area contributed by atoms with Gasteiger partial charge in [-0.15, -0.1) is 0 Å². The molecule has 21 heavy (non-hydrogen) atoms. The Hall–Kier alpha value is -2.32. The Morgan fingerprint density at radius 2 is 1.62 bits per heavy atom. The normalized spacial score (nSPS) is 12.7. The average Bonchev–Trinajstić information content (AvgIpc) is 2.48. The minimum absolute atomic E-state index is 0.472. The SMILES string of the molecule is N#C[C@H](NCc1ccccc1)c1ccc(C(F)(F)F)cc1. The summed E-state index contributed by atoms with van der Waals surface area (Å²) in [7, 11) is 0. The van der Waals surface area contributed by atoms with Crippen LogP contribution in [0.4, 0.5) is 13.2 Å². The summed E-state index contributed by atoms with van der Waals surface area (Å²) in [5.41, 5.74) is 0.803. The standard InChI is InChI=1S/C16H13F3N2/c17-16(18,19)14-8-6-13(7-9-14)15(10-20)21-11-12-4-2-1-3-5-12/h1-9,15,21H,11H2/t15-/m0/s1. The molecule has 1 N–H and O–H groups in total. The van der Waals surface area contributed by atoms with Crippen LogP contribution in [0.25, 0.3) is 0 Å². The highest BCUT2D eigenvalue weighted by atomic mass is 19.4. The topological polar surface area (TPSA) is 35.8 Å². The lowest BCUT2D eigenvalue weighted by Crippen LogP contribution is -2.19. The third-order valence-electron chi connectivity index (χ3n) is 3.05. The van der Waals surface area contributed by atoms with E-state index >= 15 is 0 Å². The van der Waals surface area contributed by atoms with Crippen molar-refractivity contribution >= 4 is 0 Å². The summed E-state index contributed by atoms with van der Waals surface area (Å²) in [6.07, 6.45) is -4.36. The molecule has 0 aromatic heterocycles. The second kappa shape index (κ2) is 6.42. The number of rotatable bonds is 4. The molecule has 0 fully saturated rings. The molecular weight excluding hydrogens is 277 g/mol. The molecule has 2 aromatic rings. The lowest BCUT2D eigenvalue weighted by molar-refractivity contribution is -0.137. The van der Waals surface area contributed by atoms with Gasteiger partial charge in [0.15, 0.2) is 0 Å². The van der Waals surface area contributed by atoms with Crippen LogP contribution in [0.3, 0.4) is 0 Å². The fourth-order valence-electron chi connectivity index (χ4n) is 1.92. The van der Waals surface area contributed by atoms with E-state index in [9.17, 15) is 13.2 Å². The molecule has 2 rings (SSSR count). The fourth-order valence-corrected chi connectivity index (χ4v) is 1.92. The maximum atomic E-state index is 12.5. The van der Waals surface area contributed by atoms with Gasteiger partial charge in [0.1, 0.15) is 6.04 Å². The molecule has 0 unspecified atom stereocenters. The highest BCUT2D eigenvalue weighted by Crippen LogP contribution is 2.29. The van der Waals surface area contributed by atoms with E-state index in [0.29, 0.717) is 12.1 Å². The van der Waals surface area contributed by atoms with Gasteiger partial charge in [0.25, 0.3) is 0 Å². The van der Waals surface area contributed by atoms with Crippen LogP contribution < -0.4 is 5.32 Å². The Kier molecular flexibility index (Phi) is 4.61. The molecular formula is C16H13F3N2. The summed E-state index contributed by atoms with van der Waals surface area (Å²) in [4.78, 5) is 0. The van der Waals surface area contributed by atoms with Gasteiger partial charge < -0.3 is 0 Å². The van der Waals surface area contributed by atoms with Gasteiger partial charge >= 0.3 is 6.18 Å². The van der Waals surface area contributed by atoms with Crippen LogP contribution in [0, 0.1) is 11.3 Å². The van der Waals surface area contributed by atoms with Crippen molar-refractivity contribution in [3.05, 3.63) is 71.3 Å². The lowest BCUT2D eigenvalue weighted by atomic mass is 10.1. The van der Waals surface area contributed by atoms with E-state index in [0.717, 1.165) is 17.7 Å². The van der Waals surface area contributed by atoms with Gasteiger partial charge in [-0.3, -0.25) is 5.32 Å². The first-order chi connectivity index (χ1) is 10.0. The molecule has 1 atom stereocenters. The van der Waals surface area contributed by atoms with Gasteiger partial charge in [-0.2, -0.15) is 18.4 Å². The van der Waals surface area contributed by atoms with Gasteiger partial charge in [0, 0.05) is 6.54 Å². The van der Waals surface area contributed by atoms with Crippen molar-refractivity contribution in [1.82, 2.24) is 5.32 Å². The summed E-state index contributed by atoms with van der Waals surface area (Å²) in [5.74, 6) is 0. The van der Waals surface area contributed by atoms with Gasteiger partial charge in [0.2, 0.25) is 0 Å². The summed E-state index contributed by atoms with van der Waals surface area (Å²) >= 11 is 0. The number of nitrogens with one attached hydrogen (secondary N) is 1. The number of hydrogen-bond acceptors (Lipinski definition) is 2. The van der Waals surface area contributed by atoms with Gasteiger partial charge in [-0.1, -0.05) is 42.5 Å². The minimum Gasteiger partial charge on any atom is -0.294 e. The Balaban J connectivity index is 2.06. The molecule has 0 bridgehead atoms. The Morgan fingerprint density at radius 1 is 1.00 bits per heavy atom. The first-order valence-electron chi connectivity index (χ1n) is 6.35. The number of hydrogen-bond donors (Lipinski definition) is 1. The monoisotopic (exact) mass is 290 g/mol. The molecule has 5 heteroatoms. The van der Waals surface area contributed by atoms with Crippen molar-refractivity contribution in [1.29, 1.82) is 5.26 Å². The van der Waals surface area contributed by atoms with Crippen molar-refractivity contribution in [2.45, 2.75) is 18.8 Å². The van der Waals surface area contributed by atoms with Crippen LogP contribution in [0.5, 0.6) is 0 Å². The van der Waals surface area contributed by atoms with E-state index < -0.39 is 17.8 Å². The Bertz CT molecular complexity index is 613. The number of alkyl halides is 3. The van der Waals surface area contributed by atoms with Crippen LogP contribution in [0.2, 0.25) is 0 Å². The first kappa shape index (κ1) is 15.1. The molecule has 0 aliphatic heterocycles. The van der Waals surface area contributed by atoms with Crippen LogP contribution in [0.15, 0.2) is 54.6 Å². The molecule has 2 aromatic carbocycles. The quantitative estimate of drug-likeness (QED) is 0.921. The van der Waals surface area contributed by atoms with Crippen LogP contribution >= 0.6 is 0 Å². The van der Waals surface area contributed by atoms with E-state index in [1.54, 1.807) is 0 Å². The van der Waals surface area contributed by atoms with Crippen LogP contribution in [-0.4, -0.2) is 0 Å². The largest absolute Gasteiger partial charge is 0.416 e. The van der Waals surface area contributed by atoms with Gasteiger partial charge in [-0.25, -0.2) is 0 Å². The summed E-state index contributed by atoms with van der Waals surface area (Å²) in [6, 6.07) is 15.5. The van der Waals surface area contributed by atoms with Gasteiger partial charge in [0.05, 0.1) is 11.6 Å². The predicted octanol–water partition coefficient (Wildman–Crippen LogP) is 4.06. The fraction of sp³-hybridized carbons (Fsp3) is 0.188. The molecule has 2 nitrogen and oxygen atoms in total. The van der Waals surface area contributed by atoms with Crippen LogP contribution in [0.1, 0.15) is 22.7 Å². The molecule has 0 aliphatic carbocycles. The molecule has 0 saturated carbocycles. The average molecular weight is 290 g/mol. The molecule has 0 aliphatic rings. The smallest absolute Gasteiger partial charge is 0.294 e. The summed E-state index contributed by atoms with van der Waals surface area (Å²) in [6.45, 7) is 0.472. The third kappa shape index (κ3) is 4.07. The predicted molar refractivity (Wildman–Crippen MR) is 73.1 cm³/mol. The Labute approximate surface area is 120 Å². The second-order valence-corrected chi connectivity index (χ2v) is 4.55. The number of benzene rings is 2. The highest BCUT2D eigenvalue weighted by Gasteiger charge is 2.30. The van der Waals surface area contributed by atoms with E-state index in [1.165, 1.54) is 12.1 Å². The molecule has 0 spiro atoms. The number of nitrogens with zero attached hydrogens (tertiary/aromatic N) is 1. The zero-order chi connectivity index (χ0) is 15.3. The molecule has 0 radical (unpaired) electrons. The maximum absolute atomic E-state index is 12.5. The molecule has 0 heterocycles. The lowest BCUT2D eigenvalue weighted by Gasteiger charge is -2.13. The second-order valence-electron chi connectivity index (χ2n) is 4.55. The number of halogens is 3. The Morgan fingerprint density at radius 3 is 2.14 bits per heavy atom. The minimum atomic E-state index is -4.36. The van der Waals surface area contributed by atoms with E-state index in [-0.39, 0.29) is 0 Å². The van der Waals surface area contributed by atoms with Crippen molar-refractivity contribution in [3.8, 4) is 6.07 Å². The summed E-state index contributed by atoms with van der Waals surface area (Å²) < 4.78 is 37.5. The maximum Gasteiger partial charge on any atom is 0.416 e. The highest BCUT2D eigenvalue weighted by molar-refractivity contribution is 5.30. The zero-order valence-corrected chi connectivity index (χ0v) is 11.1. The van der Waals surface area contributed by atoms with Crippen molar-refractivity contribution in [2.24, 2.45) is 0 Å². The van der Waals surface area contributed by atoms with E-state index in [2.05, 4.69) is 11.4 Å². The van der Waals surface area contributed by atoms with E-state index in [4.69, 9.17) is 5.26 Å². The zero-order valence-electron chi connectivity index (χ0n) is 11.1.